The van der Waals surface area contributed by atoms with Gasteiger partial charge in [-0.3, -0.25) is 0 Å². The summed E-state index contributed by atoms with van der Waals surface area (Å²) in [5.74, 6) is 0. The van der Waals surface area contributed by atoms with Gasteiger partial charge in [0.25, 0.3) is 0 Å². The summed E-state index contributed by atoms with van der Waals surface area (Å²) in [5.41, 5.74) is 5.89. The van der Waals surface area contributed by atoms with E-state index < -0.39 is 0 Å². The number of hydrogen-bond donors (Lipinski definition) is 0. The first kappa shape index (κ1) is 17.7. The van der Waals surface area contributed by atoms with Crippen LogP contribution in [0, 0.1) is 13.5 Å². The van der Waals surface area contributed by atoms with Crippen LogP contribution in [-0.4, -0.2) is 0 Å². The summed E-state index contributed by atoms with van der Waals surface area (Å²) >= 11 is 1.67. The molecule has 2 nitrogen and oxygen atoms in total. The Morgan fingerprint density at radius 1 is 1.04 bits per heavy atom. The largest absolute Gasteiger partial charge is 0.237 e. The van der Waals surface area contributed by atoms with E-state index in [2.05, 4.69) is 86.7 Å². The van der Waals surface area contributed by atoms with Crippen LogP contribution in [0.2, 0.25) is 0 Å². The van der Waals surface area contributed by atoms with E-state index in [0.717, 1.165) is 11.1 Å². The maximum Gasteiger partial charge on any atom is 0.229 e. The van der Waals surface area contributed by atoms with Crippen LogP contribution >= 0.6 is 11.3 Å². The van der Waals surface area contributed by atoms with Gasteiger partial charge in [0.15, 0.2) is 6.20 Å². The highest BCUT2D eigenvalue weighted by Crippen LogP contribution is 2.41. The van der Waals surface area contributed by atoms with Crippen molar-refractivity contribution in [1.82, 2.24) is 0 Å². The summed E-state index contributed by atoms with van der Waals surface area (Å²) < 4.78 is 3.38. The smallest absolute Gasteiger partial charge is 0.229 e. The van der Waals surface area contributed by atoms with Crippen molar-refractivity contribution in [3.05, 3.63) is 70.5 Å². The lowest BCUT2D eigenvalue weighted by Crippen LogP contribution is -2.30. The number of aryl methyl sites for hydroxylation is 2. The molecule has 0 radical (unpaired) electrons. The van der Waals surface area contributed by atoms with Crippen LogP contribution in [0.5, 0.6) is 0 Å². The molecule has 0 spiro atoms. The van der Waals surface area contributed by atoms with Crippen LogP contribution < -0.4 is 4.57 Å². The molecule has 0 unspecified atom stereocenters. The minimum absolute atomic E-state index is 0.0473. The molecular formula is C24H23N2S+. The van der Waals surface area contributed by atoms with E-state index in [-0.39, 0.29) is 5.41 Å². The second-order valence-corrected chi connectivity index (χ2v) is 9.02. The van der Waals surface area contributed by atoms with Crippen LogP contribution in [0.4, 0.5) is 5.69 Å². The Balaban J connectivity index is 2.17. The van der Waals surface area contributed by atoms with E-state index in [0.29, 0.717) is 0 Å². The first-order valence-corrected chi connectivity index (χ1v) is 10.0. The predicted molar refractivity (Wildman–Crippen MR) is 116 cm³/mol. The normalized spacial score (nSPS) is 11.9. The average molecular weight is 372 g/mol. The second-order valence-electron chi connectivity index (χ2n) is 8.14. The van der Waals surface area contributed by atoms with E-state index in [1.807, 2.05) is 5.38 Å². The lowest BCUT2D eigenvalue weighted by atomic mass is 9.80. The highest BCUT2D eigenvalue weighted by molar-refractivity contribution is 7.18. The molecule has 2 aromatic carbocycles. The van der Waals surface area contributed by atoms with Gasteiger partial charge in [-0.1, -0.05) is 45.0 Å². The third-order valence-electron chi connectivity index (χ3n) is 5.34. The fourth-order valence-electron chi connectivity index (χ4n) is 3.91. The molecule has 0 aliphatic rings. The molecular weight excluding hydrogens is 348 g/mol. The van der Waals surface area contributed by atoms with Crippen LogP contribution in [0.3, 0.4) is 0 Å². The summed E-state index contributed by atoms with van der Waals surface area (Å²) in [6, 6.07) is 13.1. The Hall–Kier alpha value is -2.70. The Morgan fingerprint density at radius 3 is 2.41 bits per heavy atom. The van der Waals surface area contributed by atoms with Gasteiger partial charge in [-0.25, -0.2) is 4.85 Å². The molecule has 3 heteroatoms. The minimum Gasteiger partial charge on any atom is -0.237 e. The van der Waals surface area contributed by atoms with Crippen molar-refractivity contribution in [3.63, 3.8) is 0 Å². The molecule has 0 amide bonds. The van der Waals surface area contributed by atoms with Gasteiger partial charge >= 0.3 is 0 Å². The van der Waals surface area contributed by atoms with Gasteiger partial charge in [-0.05, 0) is 45.7 Å². The number of aromatic nitrogens is 1. The van der Waals surface area contributed by atoms with Crippen LogP contribution in [0.1, 0.15) is 31.9 Å². The molecule has 0 saturated heterocycles. The van der Waals surface area contributed by atoms with Gasteiger partial charge in [-0.2, -0.15) is 15.9 Å². The highest BCUT2D eigenvalue weighted by Gasteiger charge is 2.25. The second kappa shape index (κ2) is 6.18. The molecule has 4 rings (SSSR count). The summed E-state index contributed by atoms with van der Waals surface area (Å²) in [5, 5.41) is 5.66. The number of hydrogen-bond acceptors (Lipinski definition) is 1. The quantitative estimate of drug-likeness (QED) is 0.260. The molecule has 0 bridgehead atoms. The van der Waals surface area contributed by atoms with Crippen LogP contribution in [0.25, 0.3) is 37.0 Å². The van der Waals surface area contributed by atoms with Crippen molar-refractivity contribution >= 4 is 37.9 Å². The summed E-state index contributed by atoms with van der Waals surface area (Å²) in [6.45, 7) is 16.5. The zero-order valence-electron chi connectivity index (χ0n) is 16.4. The molecule has 0 aliphatic carbocycles. The number of fused-ring (bicyclic) bond motifs is 2. The standard InChI is InChI=1S/C24H23N2S/c1-15-16-9-7-8-10-17(16)20(24(2,3)4)13-19(15)22-23-18(11-12-26(22)6)21(25-5)14-27-23/h7-14H,1-4,6H3/q+1. The third kappa shape index (κ3) is 2.72. The zero-order chi connectivity index (χ0) is 19.3. The zero-order valence-corrected chi connectivity index (χ0v) is 17.2. The van der Waals surface area contributed by atoms with Gasteiger partial charge in [0.05, 0.1) is 16.8 Å². The molecule has 4 aromatic rings. The molecule has 0 N–H and O–H groups in total. The number of rotatable bonds is 1. The van der Waals surface area contributed by atoms with E-state index in [9.17, 15) is 0 Å². The van der Waals surface area contributed by atoms with Crippen LogP contribution in [0.15, 0.2) is 48.0 Å². The molecule has 2 aromatic heterocycles. The number of nitrogens with zero attached hydrogens (tertiary/aromatic N) is 2. The summed E-state index contributed by atoms with van der Waals surface area (Å²) in [6.07, 6.45) is 2.07. The Bertz CT molecular complexity index is 1230. The van der Waals surface area contributed by atoms with Gasteiger partial charge < -0.3 is 0 Å². The summed E-state index contributed by atoms with van der Waals surface area (Å²) in [7, 11) is 2.09. The minimum atomic E-state index is 0.0473. The first-order valence-electron chi connectivity index (χ1n) is 9.13. The molecule has 2 heterocycles. The molecule has 0 saturated carbocycles. The fraction of sp³-hybridized carbons (Fsp3) is 0.250. The molecule has 0 aliphatic heterocycles. The SMILES string of the molecule is [C-]#[N+]c1csc2c(-c3cc(C(C)(C)C)c4ccccc4c3C)[n+](C)ccc12. The van der Waals surface area contributed by atoms with E-state index in [4.69, 9.17) is 6.57 Å². The van der Waals surface area contributed by atoms with Crippen molar-refractivity contribution in [2.75, 3.05) is 0 Å². The maximum absolute atomic E-state index is 7.46. The fourth-order valence-corrected chi connectivity index (χ4v) is 4.98. The van der Waals surface area contributed by atoms with Crippen LogP contribution in [-0.2, 0) is 12.5 Å². The monoisotopic (exact) mass is 371 g/mol. The van der Waals surface area contributed by atoms with E-state index in [1.54, 1.807) is 11.3 Å². The van der Waals surface area contributed by atoms with Crippen molar-refractivity contribution in [1.29, 1.82) is 0 Å². The van der Waals surface area contributed by atoms with Crippen molar-refractivity contribution in [2.24, 2.45) is 7.05 Å². The third-order valence-corrected chi connectivity index (χ3v) is 6.33. The predicted octanol–water partition coefficient (Wildman–Crippen LogP) is 6.70. The van der Waals surface area contributed by atoms with Crippen molar-refractivity contribution in [2.45, 2.75) is 33.1 Å². The average Bonchev–Trinajstić information content (AvgIpc) is 3.05. The Morgan fingerprint density at radius 2 is 1.74 bits per heavy atom. The molecule has 0 atom stereocenters. The highest BCUT2D eigenvalue weighted by atomic mass is 32.1. The van der Waals surface area contributed by atoms with Gasteiger partial charge in [0, 0.05) is 11.5 Å². The molecule has 134 valence electrons. The van der Waals surface area contributed by atoms with Gasteiger partial charge in [0.1, 0.15) is 7.05 Å². The Labute approximate surface area is 164 Å². The molecule has 0 fully saturated rings. The van der Waals surface area contributed by atoms with Gasteiger partial charge in [-0.15, -0.1) is 0 Å². The lowest BCUT2D eigenvalue weighted by Gasteiger charge is -2.24. The van der Waals surface area contributed by atoms with E-state index >= 15 is 0 Å². The summed E-state index contributed by atoms with van der Waals surface area (Å²) in [4.78, 5) is 3.70. The first-order chi connectivity index (χ1) is 12.8. The molecule has 27 heavy (non-hydrogen) atoms. The van der Waals surface area contributed by atoms with Crippen molar-refractivity contribution in [3.8, 4) is 11.3 Å². The van der Waals surface area contributed by atoms with Crippen molar-refractivity contribution < 1.29 is 4.57 Å². The topological polar surface area (TPSA) is 8.24 Å². The number of pyridine rings is 1. The Kier molecular flexibility index (Phi) is 4.05. The van der Waals surface area contributed by atoms with Gasteiger partial charge in [0.2, 0.25) is 11.4 Å². The van der Waals surface area contributed by atoms with E-state index in [1.165, 1.54) is 37.9 Å². The maximum atomic E-state index is 7.46. The number of benzene rings is 2. The lowest BCUT2D eigenvalue weighted by molar-refractivity contribution is -0.659. The number of thiophene rings is 1.